The Morgan fingerprint density at radius 1 is 0.576 bits per heavy atom. The Balaban J connectivity index is 1.46. The number of benzene rings is 2. The topological polar surface area (TPSA) is 64.7 Å². The van der Waals surface area contributed by atoms with Gasteiger partial charge in [0, 0.05) is 44.0 Å². The van der Waals surface area contributed by atoms with Crippen molar-refractivity contribution in [2.24, 2.45) is 0 Å². The average Bonchev–Trinajstić information content (AvgIpc) is 3.27. The third-order valence-corrected chi connectivity index (χ3v) is 6.69. The lowest BCUT2D eigenvalue weighted by Crippen LogP contribution is -2.36. The van der Waals surface area contributed by atoms with Gasteiger partial charge in [-0.25, -0.2) is 9.59 Å². The van der Waals surface area contributed by atoms with Crippen molar-refractivity contribution >= 4 is 23.4 Å². The smallest absolute Gasteiger partial charge is 0.321 e. The molecular weight excluding hydrogens is 412 g/mol. The van der Waals surface area contributed by atoms with Gasteiger partial charge in [0.05, 0.1) is 0 Å². The lowest BCUT2D eigenvalue weighted by molar-refractivity contribution is 0.213. The monoisotopic (exact) mass is 448 g/mol. The van der Waals surface area contributed by atoms with Crippen molar-refractivity contribution in [2.45, 2.75) is 57.8 Å². The molecule has 2 aromatic carbocycles. The number of para-hydroxylation sites is 2. The van der Waals surface area contributed by atoms with E-state index in [1.54, 1.807) is 0 Å². The van der Waals surface area contributed by atoms with Crippen molar-refractivity contribution in [1.82, 2.24) is 9.80 Å². The molecule has 0 atom stereocenters. The predicted octanol–water partition coefficient (Wildman–Crippen LogP) is 6.09. The third-order valence-electron chi connectivity index (χ3n) is 6.69. The minimum atomic E-state index is -0.0212. The van der Waals surface area contributed by atoms with E-state index in [1.807, 2.05) is 58.3 Å². The first-order valence-corrected chi connectivity index (χ1v) is 12.5. The first-order chi connectivity index (χ1) is 16.2. The number of anilines is 2. The van der Waals surface area contributed by atoms with Crippen molar-refractivity contribution in [2.75, 3.05) is 36.8 Å². The van der Waals surface area contributed by atoms with Crippen LogP contribution in [-0.2, 0) is 6.42 Å². The third kappa shape index (κ3) is 6.50. The number of nitrogens with zero attached hydrogens (tertiary/aromatic N) is 2. The zero-order valence-electron chi connectivity index (χ0n) is 19.5. The predicted molar refractivity (Wildman–Crippen MR) is 134 cm³/mol. The highest BCUT2D eigenvalue weighted by atomic mass is 16.2. The summed E-state index contributed by atoms with van der Waals surface area (Å²) in [4.78, 5) is 29.6. The Labute approximate surface area is 197 Å². The van der Waals surface area contributed by atoms with E-state index < -0.39 is 0 Å². The number of carbonyl (C=O) groups is 2. The van der Waals surface area contributed by atoms with Crippen LogP contribution < -0.4 is 10.6 Å². The quantitative estimate of drug-likeness (QED) is 0.594. The Hall–Kier alpha value is -3.02. The normalized spacial score (nSPS) is 17.1. The van der Waals surface area contributed by atoms with Crippen molar-refractivity contribution in [1.29, 1.82) is 0 Å². The van der Waals surface area contributed by atoms with Crippen molar-refractivity contribution in [3.05, 3.63) is 59.7 Å². The molecular formula is C27H36N4O2. The number of hydrogen-bond acceptors (Lipinski definition) is 2. The van der Waals surface area contributed by atoms with Gasteiger partial charge in [-0.1, -0.05) is 62.1 Å². The number of hydrogen-bond donors (Lipinski definition) is 2. The van der Waals surface area contributed by atoms with Gasteiger partial charge in [0.25, 0.3) is 0 Å². The van der Waals surface area contributed by atoms with Gasteiger partial charge in [0.2, 0.25) is 0 Å². The van der Waals surface area contributed by atoms with E-state index in [2.05, 4.69) is 10.6 Å². The highest BCUT2D eigenvalue weighted by Crippen LogP contribution is 2.25. The van der Waals surface area contributed by atoms with Crippen LogP contribution in [0.25, 0.3) is 0 Å². The molecule has 176 valence electrons. The molecule has 0 aromatic heterocycles. The number of urea groups is 2. The Morgan fingerprint density at radius 3 is 1.33 bits per heavy atom. The molecule has 2 heterocycles. The molecule has 6 heteroatoms. The molecule has 33 heavy (non-hydrogen) atoms. The molecule has 2 aliphatic rings. The first kappa shape index (κ1) is 23.1. The van der Waals surface area contributed by atoms with Crippen LogP contribution >= 0.6 is 0 Å². The lowest BCUT2D eigenvalue weighted by atomic mass is 10.0. The van der Waals surface area contributed by atoms with Crippen LogP contribution in [0.5, 0.6) is 0 Å². The van der Waals surface area contributed by atoms with Gasteiger partial charge in [-0.3, -0.25) is 0 Å². The van der Waals surface area contributed by atoms with Crippen molar-refractivity contribution in [3.8, 4) is 0 Å². The summed E-state index contributed by atoms with van der Waals surface area (Å²) >= 11 is 0. The largest absolute Gasteiger partial charge is 0.325 e. The molecule has 0 saturated carbocycles. The van der Waals surface area contributed by atoms with Crippen LogP contribution in [0.15, 0.2) is 48.5 Å². The van der Waals surface area contributed by atoms with E-state index in [4.69, 9.17) is 0 Å². The Bertz CT molecular complexity index is 854. The van der Waals surface area contributed by atoms with Gasteiger partial charge in [-0.2, -0.15) is 0 Å². The number of carbonyl (C=O) groups excluding carboxylic acids is 2. The molecule has 0 bridgehead atoms. The summed E-state index contributed by atoms with van der Waals surface area (Å²) in [5.74, 6) is 0. The van der Waals surface area contributed by atoms with Crippen molar-refractivity contribution < 1.29 is 9.59 Å². The molecule has 2 aliphatic heterocycles. The SMILES string of the molecule is O=C(Nc1ccccc1Cc1ccccc1NC(=O)N1CCCCCC1)N1CCCCCC1. The molecule has 2 N–H and O–H groups in total. The van der Waals surface area contributed by atoms with Gasteiger partial charge in [-0.15, -0.1) is 0 Å². The second-order valence-corrected chi connectivity index (χ2v) is 9.15. The van der Waals surface area contributed by atoms with E-state index in [0.29, 0.717) is 6.42 Å². The molecule has 4 amide bonds. The second kappa shape index (κ2) is 11.7. The fraction of sp³-hybridized carbons (Fsp3) is 0.481. The van der Waals surface area contributed by atoms with Gasteiger partial charge in [0.15, 0.2) is 0 Å². The second-order valence-electron chi connectivity index (χ2n) is 9.15. The first-order valence-electron chi connectivity index (χ1n) is 12.5. The summed E-state index contributed by atoms with van der Waals surface area (Å²) < 4.78 is 0. The molecule has 6 nitrogen and oxygen atoms in total. The minimum absolute atomic E-state index is 0.0212. The van der Waals surface area contributed by atoms with E-state index in [0.717, 1.165) is 74.4 Å². The van der Waals surface area contributed by atoms with Crippen LogP contribution in [0.4, 0.5) is 21.0 Å². The van der Waals surface area contributed by atoms with E-state index >= 15 is 0 Å². The maximum absolute atomic E-state index is 12.9. The maximum atomic E-state index is 12.9. The van der Waals surface area contributed by atoms with Gasteiger partial charge >= 0.3 is 12.1 Å². The number of amides is 4. The fourth-order valence-corrected chi connectivity index (χ4v) is 4.73. The number of rotatable bonds is 4. The van der Waals surface area contributed by atoms with E-state index in [9.17, 15) is 9.59 Å². The summed E-state index contributed by atoms with van der Waals surface area (Å²) in [6, 6.07) is 15.9. The van der Waals surface area contributed by atoms with E-state index in [1.165, 1.54) is 25.7 Å². The molecule has 4 rings (SSSR count). The van der Waals surface area contributed by atoms with Crippen LogP contribution in [0.1, 0.15) is 62.5 Å². The Kier molecular flexibility index (Phi) is 8.23. The highest BCUT2D eigenvalue weighted by Gasteiger charge is 2.19. The Morgan fingerprint density at radius 2 is 0.939 bits per heavy atom. The van der Waals surface area contributed by atoms with Crippen LogP contribution in [0.2, 0.25) is 0 Å². The van der Waals surface area contributed by atoms with Gasteiger partial charge in [0.1, 0.15) is 0 Å². The van der Waals surface area contributed by atoms with Gasteiger partial charge < -0.3 is 20.4 Å². The fourth-order valence-electron chi connectivity index (χ4n) is 4.73. The molecule has 2 saturated heterocycles. The van der Waals surface area contributed by atoms with Crippen LogP contribution in [-0.4, -0.2) is 48.0 Å². The standard InChI is InChI=1S/C27H36N4O2/c32-26(30-17-9-1-2-10-18-30)28-24-15-7-5-13-22(24)21-23-14-6-8-16-25(23)29-27(33)31-19-11-3-4-12-20-31/h5-8,13-16H,1-4,9-12,17-21H2,(H,28,32)(H,29,33). The molecule has 2 fully saturated rings. The number of likely N-dealkylation sites (tertiary alicyclic amines) is 2. The number of nitrogens with one attached hydrogen (secondary N) is 2. The summed E-state index contributed by atoms with van der Waals surface area (Å²) in [5.41, 5.74) is 3.75. The molecule has 2 aromatic rings. The molecule has 0 aliphatic carbocycles. The van der Waals surface area contributed by atoms with E-state index in [-0.39, 0.29) is 12.1 Å². The average molecular weight is 449 g/mol. The van der Waals surface area contributed by atoms with Crippen molar-refractivity contribution in [3.63, 3.8) is 0 Å². The highest BCUT2D eigenvalue weighted by molar-refractivity contribution is 5.91. The summed E-state index contributed by atoms with van der Waals surface area (Å²) in [5, 5.41) is 6.28. The summed E-state index contributed by atoms with van der Waals surface area (Å²) in [6.45, 7) is 3.28. The zero-order valence-corrected chi connectivity index (χ0v) is 19.5. The minimum Gasteiger partial charge on any atom is -0.325 e. The zero-order chi connectivity index (χ0) is 22.9. The summed E-state index contributed by atoms with van der Waals surface area (Å²) in [7, 11) is 0. The molecule has 0 radical (unpaired) electrons. The van der Waals surface area contributed by atoms with Gasteiger partial charge in [-0.05, 0) is 48.9 Å². The lowest BCUT2D eigenvalue weighted by Gasteiger charge is -2.23. The molecule has 0 unspecified atom stereocenters. The maximum Gasteiger partial charge on any atom is 0.321 e. The summed E-state index contributed by atoms with van der Waals surface area (Å²) in [6.07, 6.45) is 9.69. The van der Waals surface area contributed by atoms with Crippen LogP contribution in [0, 0.1) is 0 Å². The molecule has 0 spiro atoms. The van der Waals surface area contributed by atoms with Crippen LogP contribution in [0.3, 0.4) is 0 Å².